The Morgan fingerprint density at radius 3 is 2.33 bits per heavy atom. The van der Waals surface area contributed by atoms with Gasteiger partial charge in [-0.2, -0.15) is 13.2 Å². The lowest BCUT2D eigenvalue weighted by Crippen LogP contribution is -2.43. The molecule has 1 N–H and O–H groups in total. The van der Waals surface area contributed by atoms with E-state index in [1.807, 2.05) is 0 Å². The third-order valence-corrected chi connectivity index (χ3v) is 7.94. The molecule has 40 heavy (non-hydrogen) atoms. The lowest BCUT2D eigenvalue weighted by Gasteiger charge is -2.39. The Morgan fingerprint density at radius 2 is 1.73 bits per heavy atom. The zero-order valence-corrected chi connectivity index (χ0v) is 23.9. The maximum atomic E-state index is 13.1. The molecule has 0 saturated carbocycles. The molecule has 1 aromatic carbocycles. The zero-order valence-electron chi connectivity index (χ0n) is 21.6. The van der Waals surface area contributed by atoms with E-state index in [0.29, 0.717) is 23.6 Å². The van der Waals surface area contributed by atoms with Gasteiger partial charge >= 0.3 is 6.18 Å². The van der Waals surface area contributed by atoms with Crippen LogP contribution >= 0.6 is 34.8 Å². The molecule has 6 nitrogen and oxygen atoms in total. The average molecular weight is 616 g/mol. The quantitative estimate of drug-likeness (QED) is 0.270. The number of halogens is 6. The predicted octanol–water partition coefficient (Wildman–Crippen LogP) is 7.50. The van der Waals surface area contributed by atoms with Crippen LogP contribution in [0.2, 0.25) is 15.1 Å². The van der Waals surface area contributed by atoms with Gasteiger partial charge in [-0.15, -0.1) is 0 Å². The van der Waals surface area contributed by atoms with Gasteiger partial charge < -0.3 is 15.0 Å². The van der Waals surface area contributed by atoms with Crippen molar-refractivity contribution in [3.05, 3.63) is 86.7 Å². The van der Waals surface area contributed by atoms with E-state index in [1.165, 1.54) is 24.5 Å². The van der Waals surface area contributed by atoms with Crippen LogP contribution in [-0.4, -0.2) is 46.5 Å². The number of rotatable bonds is 9. The van der Waals surface area contributed by atoms with Crippen LogP contribution in [0.1, 0.15) is 53.8 Å². The number of carbonyl (C=O) groups excluding carboxylic acids is 1. The smallest absolute Gasteiger partial charge is 0.416 e. The Balaban J connectivity index is 1.37. The second-order valence-corrected chi connectivity index (χ2v) is 10.9. The fourth-order valence-electron chi connectivity index (χ4n) is 4.83. The van der Waals surface area contributed by atoms with Crippen molar-refractivity contribution in [2.45, 2.75) is 44.5 Å². The third-order valence-electron chi connectivity index (χ3n) is 7.08. The van der Waals surface area contributed by atoms with Gasteiger partial charge in [0.05, 0.1) is 21.2 Å². The molecular weight excluding hydrogens is 588 g/mol. The second kappa shape index (κ2) is 13.4. The summed E-state index contributed by atoms with van der Waals surface area (Å²) in [6, 6.07) is 8.60. The van der Waals surface area contributed by atoms with E-state index in [2.05, 4.69) is 27.1 Å². The molecule has 1 aliphatic heterocycles. The number of pyridine rings is 2. The normalized spacial score (nSPS) is 16.4. The summed E-state index contributed by atoms with van der Waals surface area (Å²) in [6.45, 7) is 4.05. The monoisotopic (exact) mass is 614 g/mol. The number of hydrogen-bond acceptors (Lipinski definition) is 5. The predicted molar refractivity (Wildman–Crippen MR) is 149 cm³/mol. The highest BCUT2D eigenvalue weighted by Crippen LogP contribution is 2.38. The Labute approximate surface area is 245 Å². The number of carbonyl (C=O) groups is 1. The number of amides is 1. The highest BCUT2D eigenvalue weighted by atomic mass is 35.5. The highest BCUT2D eigenvalue weighted by molar-refractivity contribution is 6.39. The summed E-state index contributed by atoms with van der Waals surface area (Å²) in [5.74, 6) is -0.0723. The van der Waals surface area contributed by atoms with Crippen molar-refractivity contribution in [2.75, 3.05) is 19.6 Å². The van der Waals surface area contributed by atoms with Gasteiger partial charge in [-0.25, -0.2) is 4.98 Å². The minimum Gasteiger partial charge on any atom is -0.468 e. The van der Waals surface area contributed by atoms with Gasteiger partial charge in [0.25, 0.3) is 5.91 Å². The van der Waals surface area contributed by atoms with Crippen molar-refractivity contribution >= 4 is 40.7 Å². The van der Waals surface area contributed by atoms with Crippen LogP contribution < -0.4 is 10.1 Å². The lowest BCUT2D eigenvalue weighted by molar-refractivity contribution is -0.137. The van der Waals surface area contributed by atoms with Crippen molar-refractivity contribution in [1.29, 1.82) is 0 Å². The van der Waals surface area contributed by atoms with Gasteiger partial charge in [-0.3, -0.25) is 9.78 Å². The van der Waals surface area contributed by atoms with Gasteiger partial charge in [0.1, 0.15) is 11.1 Å². The number of benzene rings is 1. The number of aromatic nitrogens is 2. The van der Waals surface area contributed by atoms with Gasteiger partial charge in [0.15, 0.2) is 0 Å². The molecular formula is C28H28Cl3F3N4O2. The maximum Gasteiger partial charge on any atom is 0.416 e. The summed E-state index contributed by atoms with van der Waals surface area (Å²) >= 11 is 18.4. The first-order valence-corrected chi connectivity index (χ1v) is 13.9. The molecule has 4 rings (SSSR count). The molecule has 3 aromatic rings. The summed E-state index contributed by atoms with van der Waals surface area (Å²) in [5.41, 5.74) is 0.126. The molecule has 0 spiro atoms. The lowest BCUT2D eigenvalue weighted by atomic mass is 9.86. The standard InChI is InChI=1S/C28H28Cl3F3N4O2/c1-17(8-12-36-26(39)24-22(30)15-35-16-23(24)31)38-13-9-19(10-14-38)25(40-27-21(29)3-2-11-37-27)18-4-6-20(7-5-18)28(32,33)34/h2-7,11,15-17,19,25H,8-10,12-14H2,1H3,(H,36,39). The molecule has 0 bridgehead atoms. The van der Waals surface area contributed by atoms with Gasteiger partial charge in [-0.05, 0) is 69.1 Å². The number of nitrogens with zero attached hydrogens (tertiary/aromatic N) is 3. The maximum absolute atomic E-state index is 13.1. The first-order valence-electron chi connectivity index (χ1n) is 12.8. The van der Waals surface area contributed by atoms with Crippen LogP contribution in [-0.2, 0) is 6.18 Å². The Morgan fingerprint density at radius 1 is 1.07 bits per heavy atom. The first-order chi connectivity index (χ1) is 19.0. The van der Waals surface area contributed by atoms with Crippen molar-refractivity contribution < 1.29 is 22.7 Å². The molecule has 1 amide bonds. The number of likely N-dealkylation sites (tertiary alicyclic amines) is 1. The van der Waals surface area contributed by atoms with E-state index in [4.69, 9.17) is 39.5 Å². The van der Waals surface area contributed by atoms with Crippen LogP contribution in [0, 0.1) is 5.92 Å². The largest absolute Gasteiger partial charge is 0.468 e. The van der Waals surface area contributed by atoms with Crippen molar-refractivity contribution in [3.63, 3.8) is 0 Å². The Kier molecular flexibility index (Phi) is 10.2. The molecule has 2 unspecified atom stereocenters. The van der Waals surface area contributed by atoms with Gasteiger partial charge in [0, 0.05) is 37.1 Å². The zero-order chi connectivity index (χ0) is 28.9. The van der Waals surface area contributed by atoms with E-state index in [0.717, 1.165) is 38.1 Å². The van der Waals surface area contributed by atoms with Crippen molar-refractivity contribution in [3.8, 4) is 5.88 Å². The van der Waals surface area contributed by atoms with E-state index in [9.17, 15) is 18.0 Å². The summed E-state index contributed by atoms with van der Waals surface area (Å²) < 4.78 is 45.7. The summed E-state index contributed by atoms with van der Waals surface area (Å²) in [4.78, 5) is 22.9. The average Bonchev–Trinajstić information content (AvgIpc) is 2.92. The minimum atomic E-state index is -4.42. The number of ether oxygens (including phenoxy) is 1. The second-order valence-electron chi connectivity index (χ2n) is 9.69. The van der Waals surface area contributed by atoms with E-state index < -0.39 is 17.8 Å². The molecule has 2 atom stereocenters. The van der Waals surface area contributed by atoms with E-state index in [-0.39, 0.29) is 39.4 Å². The van der Waals surface area contributed by atoms with Crippen molar-refractivity contribution in [2.24, 2.45) is 5.92 Å². The van der Waals surface area contributed by atoms with Crippen LogP contribution in [0.25, 0.3) is 0 Å². The molecule has 2 aromatic heterocycles. The van der Waals surface area contributed by atoms with E-state index >= 15 is 0 Å². The molecule has 3 heterocycles. The molecule has 214 valence electrons. The number of hydrogen-bond donors (Lipinski definition) is 1. The van der Waals surface area contributed by atoms with Crippen LogP contribution in [0.15, 0.2) is 55.0 Å². The van der Waals surface area contributed by atoms with Crippen molar-refractivity contribution in [1.82, 2.24) is 20.2 Å². The summed E-state index contributed by atoms with van der Waals surface area (Å²) in [7, 11) is 0. The number of piperidine rings is 1. The summed E-state index contributed by atoms with van der Waals surface area (Å²) in [5, 5.41) is 3.58. The number of nitrogens with one attached hydrogen (secondary N) is 1. The molecule has 1 aliphatic rings. The molecule has 1 saturated heterocycles. The van der Waals surface area contributed by atoms with Crippen LogP contribution in [0.3, 0.4) is 0 Å². The SMILES string of the molecule is CC(CCNC(=O)c1c(Cl)cncc1Cl)N1CCC(C(Oc2ncccc2Cl)c2ccc(C(F)(F)F)cc2)CC1. The van der Waals surface area contributed by atoms with Crippen LogP contribution in [0.5, 0.6) is 5.88 Å². The highest BCUT2D eigenvalue weighted by Gasteiger charge is 2.34. The summed E-state index contributed by atoms with van der Waals surface area (Å²) in [6.07, 6.45) is 1.60. The fraction of sp³-hybridized carbons (Fsp3) is 0.393. The molecule has 0 aliphatic carbocycles. The Bertz CT molecular complexity index is 1280. The molecule has 12 heteroatoms. The Hall–Kier alpha value is -2.59. The minimum absolute atomic E-state index is 0.0361. The topological polar surface area (TPSA) is 67.4 Å². The first kappa shape index (κ1) is 30.4. The number of alkyl halides is 3. The van der Waals surface area contributed by atoms with Gasteiger partial charge in [-0.1, -0.05) is 46.9 Å². The van der Waals surface area contributed by atoms with E-state index in [1.54, 1.807) is 18.3 Å². The fourth-order valence-corrected chi connectivity index (χ4v) is 5.54. The molecule has 0 radical (unpaired) electrons. The van der Waals surface area contributed by atoms with Crippen LogP contribution in [0.4, 0.5) is 13.2 Å². The third kappa shape index (κ3) is 7.57. The van der Waals surface area contributed by atoms with Gasteiger partial charge in [0.2, 0.25) is 5.88 Å². The molecule has 1 fully saturated rings.